The topological polar surface area (TPSA) is 79.6 Å². The van der Waals surface area contributed by atoms with Crippen LogP contribution in [0.2, 0.25) is 0 Å². The molecule has 0 radical (unpaired) electrons. The van der Waals surface area contributed by atoms with Gasteiger partial charge < -0.3 is 14.4 Å². The average Bonchev–Trinajstić information content (AvgIpc) is 2.87. The number of nitrogens with zero attached hydrogens (tertiary/aromatic N) is 2. The number of hydrogen-bond acceptors (Lipinski definition) is 5. The SMILES string of the molecule is COC(=O)C1CC(=O)N(c2cc(OC)ccc2C#N)C1. The van der Waals surface area contributed by atoms with Crippen LogP contribution in [0.1, 0.15) is 12.0 Å². The van der Waals surface area contributed by atoms with Gasteiger partial charge in [-0.2, -0.15) is 5.26 Å². The molecular formula is C14H14N2O4. The van der Waals surface area contributed by atoms with E-state index in [1.165, 1.54) is 19.1 Å². The third-order valence-corrected chi connectivity index (χ3v) is 3.28. The molecule has 2 rings (SSSR count). The molecule has 1 aliphatic rings. The highest BCUT2D eigenvalue weighted by Gasteiger charge is 2.36. The number of hydrogen-bond donors (Lipinski definition) is 0. The summed E-state index contributed by atoms with van der Waals surface area (Å²) in [7, 11) is 2.80. The Morgan fingerprint density at radius 3 is 2.80 bits per heavy atom. The van der Waals surface area contributed by atoms with E-state index in [0.717, 1.165) is 0 Å². The van der Waals surface area contributed by atoms with Gasteiger partial charge in [0.05, 0.1) is 31.4 Å². The van der Waals surface area contributed by atoms with Crippen LogP contribution in [0.15, 0.2) is 18.2 Å². The van der Waals surface area contributed by atoms with Crippen LogP contribution >= 0.6 is 0 Å². The zero-order chi connectivity index (χ0) is 14.7. The monoisotopic (exact) mass is 274 g/mol. The summed E-state index contributed by atoms with van der Waals surface area (Å²) in [5, 5.41) is 9.13. The molecule has 0 N–H and O–H groups in total. The average molecular weight is 274 g/mol. The van der Waals surface area contributed by atoms with Gasteiger partial charge in [-0.25, -0.2) is 0 Å². The van der Waals surface area contributed by atoms with Crippen molar-refractivity contribution in [3.05, 3.63) is 23.8 Å². The molecule has 1 atom stereocenters. The van der Waals surface area contributed by atoms with Crippen LogP contribution in [0.25, 0.3) is 0 Å². The van der Waals surface area contributed by atoms with E-state index in [4.69, 9.17) is 10.00 Å². The Labute approximate surface area is 116 Å². The predicted octanol–water partition coefficient (Wildman–Crippen LogP) is 1.09. The maximum Gasteiger partial charge on any atom is 0.311 e. The first-order valence-corrected chi connectivity index (χ1v) is 6.07. The van der Waals surface area contributed by atoms with Crippen molar-refractivity contribution in [2.45, 2.75) is 6.42 Å². The van der Waals surface area contributed by atoms with Crippen molar-refractivity contribution in [1.82, 2.24) is 0 Å². The Bertz CT molecular complexity index is 591. The first-order chi connectivity index (χ1) is 9.60. The number of rotatable bonds is 3. The van der Waals surface area contributed by atoms with Gasteiger partial charge in [0, 0.05) is 19.0 Å². The quantitative estimate of drug-likeness (QED) is 0.771. The normalized spacial score (nSPS) is 17.8. The van der Waals surface area contributed by atoms with Crippen molar-refractivity contribution in [2.75, 3.05) is 25.7 Å². The molecule has 0 spiro atoms. The third-order valence-electron chi connectivity index (χ3n) is 3.28. The van der Waals surface area contributed by atoms with Gasteiger partial charge in [0.1, 0.15) is 11.8 Å². The van der Waals surface area contributed by atoms with Gasteiger partial charge in [0.25, 0.3) is 0 Å². The highest BCUT2D eigenvalue weighted by atomic mass is 16.5. The van der Waals surface area contributed by atoms with Gasteiger partial charge >= 0.3 is 5.97 Å². The van der Waals surface area contributed by atoms with E-state index in [-0.39, 0.29) is 18.9 Å². The Morgan fingerprint density at radius 1 is 1.45 bits per heavy atom. The fourth-order valence-electron chi connectivity index (χ4n) is 2.22. The summed E-state index contributed by atoms with van der Waals surface area (Å²) >= 11 is 0. The number of ether oxygens (including phenoxy) is 2. The van der Waals surface area contributed by atoms with Gasteiger partial charge in [-0.15, -0.1) is 0 Å². The molecule has 0 aromatic heterocycles. The molecule has 1 amide bonds. The second kappa shape index (κ2) is 5.61. The van der Waals surface area contributed by atoms with Crippen LogP contribution in [0, 0.1) is 17.2 Å². The summed E-state index contributed by atoms with van der Waals surface area (Å²) in [5.41, 5.74) is 0.827. The van der Waals surface area contributed by atoms with Gasteiger partial charge in [-0.3, -0.25) is 9.59 Å². The van der Waals surface area contributed by atoms with Crippen molar-refractivity contribution in [1.29, 1.82) is 5.26 Å². The van der Waals surface area contributed by atoms with E-state index in [1.807, 2.05) is 6.07 Å². The van der Waals surface area contributed by atoms with Crippen molar-refractivity contribution >= 4 is 17.6 Å². The molecule has 6 nitrogen and oxygen atoms in total. The van der Waals surface area contributed by atoms with E-state index in [1.54, 1.807) is 18.2 Å². The lowest BCUT2D eigenvalue weighted by molar-refractivity contribution is -0.145. The van der Waals surface area contributed by atoms with Crippen LogP contribution in [0.3, 0.4) is 0 Å². The first kappa shape index (κ1) is 13.9. The number of anilines is 1. The second-order valence-corrected chi connectivity index (χ2v) is 4.42. The summed E-state index contributed by atoms with van der Waals surface area (Å²) in [6.07, 6.45) is 0.0920. The van der Waals surface area contributed by atoms with Gasteiger partial charge in [-0.1, -0.05) is 0 Å². The molecule has 1 aliphatic heterocycles. The smallest absolute Gasteiger partial charge is 0.311 e. The molecule has 1 aromatic rings. The zero-order valence-corrected chi connectivity index (χ0v) is 11.3. The zero-order valence-electron chi connectivity index (χ0n) is 11.3. The van der Waals surface area contributed by atoms with Crippen LogP contribution < -0.4 is 9.64 Å². The van der Waals surface area contributed by atoms with Gasteiger partial charge in [-0.05, 0) is 12.1 Å². The Kier molecular flexibility index (Phi) is 3.89. The summed E-state index contributed by atoms with van der Waals surface area (Å²) < 4.78 is 9.77. The Hall–Kier alpha value is -2.55. The minimum atomic E-state index is -0.495. The van der Waals surface area contributed by atoms with E-state index in [9.17, 15) is 9.59 Å². The minimum Gasteiger partial charge on any atom is -0.497 e. The van der Waals surface area contributed by atoms with Crippen molar-refractivity contribution in [3.8, 4) is 11.8 Å². The highest BCUT2D eigenvalue weighted by molar-refractivity contribution is 6.00. The Balaban J connectivity index is 2.34. The Morgan fingerprint density at radius 2 is 2.20 bits per heavy atom. The summed E-state index contributed by atoms with van der Waals surface area (Å²) in [4.78, 5) is 25.0. The number of benzene rings is 1. The summed E-state index contributed by atoms with van der Waals surface area (Å²) in [6.45, 7) is 0.216. The standard InChI is InChI=1S/C14H14N2O4/c1-19-11-4-3-9(7-15)12(6-11)16-8-10(5-13(16)17)14(18)20-2/h3-4,6,10H,5,8H2,1-2H3. The summed E-state index contributed by atoms with van der Waals surface area (Å²) in [6, 6.07) is 6.90. The molecule has 20 heavy (non-hydrogen) atoms. The molecule has 6 heteroatoms. The molecular weight excluding hydrogens is 260 g/mol. The second-order valence-electron chi connectivity index (χ2n) is 4.42. The maximum atomic E-state index is 12.0. The van der Waals surface area contributed by atoms with E-state index in [2.05, 4.69) is 4.74 Å². The molecule has 0 aliphatic carbocycles. The molecule has 1 fully saturated rings. The minimum absolute atomic E-state index is 0.0920. The molecule has 0 bridgehead atoms. The van der Waals surface area contributed by atoms with Crippen molar-refractivity contribution in [3.63, 3.8) is 0 Å². The first-order valence-electron chi connectivity index (χ1n) is 6.07. The van der Waals surface area contributed by atoms with E-state index >= 15 is 0 Å². The van der Waals surface area contributed by atoms with Crippen LogP contribution in [0.4, 0.5) is 5.69 Å². The molecule has 1 saturated heterocycles. The number of carbonyl (C=O) groups excluding carboxylic acids is 2. The number of carbonyl (C=O) groups is 2. The van der Waals surface area contributed by atoms with Gasteiger partial charge in [0.2, 0.25) is 5.91 Å². The van der Waals surface area contributed by atoms with Gasteiger partial charge in [0.15, 0.2) is 0 Å². The molecule has 1 heterocycles. The lowest BCUT2D eigenvalue weighted by Gasteiger charge is -2.18. The predicted molar refractivity (Wildman–Crippen MR) is 70.2 cm³/mol. The maximum absolute atomic E-state index is 12.0. The fraction of sp³-hybridized carbons (Fsp3) is 0.357. The number of methoxy groups -OCH3 is 2. The highest BCUT2D eigenvalue weighted by Crippen LogP contribution is 2.31. The van der Waals surface area contributed by atoms with Crippen LogP contribution in [-0.2, 0) is 14.3 Å². The number of amides is 1. The summed E-state index contributed by atoms with van der Waals surface area (Å²) in [5.74, 6) is -0.564. The van der Waals surface area contributed by atoms with Crippen molar-refractivity contribution < 1.29 is 19.1 Å². The molecule has 1 aromatic carbocycles. The molecule has 104 valence electrons. The fourth-order valence-corrected chi connectivity index (χ4v) is 2.22. The lowest BCUT2D eigenvalue weighted by atomic mass is 10.1. The van der Waals surface area contributed by atoms with E-state index in [0.29, 0.717) is 17.0 Å². The number of esters is 1. The lowest BCUT2D eigenvalue weighted by Crippen LogP contribution is -2.27. The van der Waals surface area contributed by atoms with Crippen molar-refractivity contribution in [2.24, 2.45) is 5.92 Å². The molecule has 0 saturated carbocycles. The molecule has 1 unspecified atom stereocenters. The van der Waals surface area contributed by atoms with Crippen LogP contribution in [-0.4, -0.2) is 32.6 Å². The number of nitriles is 1. The van der Waals surface area contributed by atoms with Crippen LogP contribution in [0.5, 0.6) is 5.75 Å². The third kappa shape index (κ3) is 2.43. The largest absolute Gasteiger partial charge is 0.497 e. The van der Waals surface area contributed by atoms with E-state index < -0.39 is 11.9 Å².